The number of methoxy groups -OCH3 is 2. The van der Waals surface area contributed by atoms with Crippen molar-refractivity contribution in [2.24, 2.45) is 35.5 Å². The van der Waals surface area contributed by atoms with Crippen molar-refractivity contribution in [3.05, 3.63) is 69.8 Å². The van der Waals surface area contributed by atoms with Crippen LogP contribution in [0.2, 0.25) is 54.4 Å². The van der Waals surface area contributed by atoms with Gasteiger partial charge in [0.25, 0.3) is 0 Å². The molecule has 7 atom stereocenters. The van der Waals surface area contributed by atoms with E-state index in [1.807, 2.05) is 6.07 Å². The number of rotatable bonds is 17. The van der Waals surface area contributed by atoms with Crippen molar-refractivity contribution in [2.75, 3.05) is 34.0 Å². The summed E-state index contributed by atoms with van der Waals surface area (Å²) in [4.78, 5) is 36.1. The molecule has 406 valence electrons. The van der Waals surface area contributed by atoms with Crippen LogP contribution in [0.5, 0.6) is 11.5 Å². The molecule has 9 nitrogen and oxygen atoms in total. The molecule has 2 aromatic rings. The number of fused-ring (bicyclic) bond motifs is 4. The molecule has 6 rings (SSSR count). The number of esters is 1. The van der Waals surface area contributed by atoms with E-state index < -0.39 is 25.0 Å². The Bertz CT molecular complexity index is 2190. The van der Waals surface area contributed by atoms with Crippen LogP contribution in [0.1, 0.15) is 157 Å². The third-order valence-corrected chi connectivity index (χ3v) is 31.3. The van der Waals surface area contributed by atoms with E-state index in [1.54, 1.807) is 21.1 Å². The molecule has 12 heteroatoms. The second-order valence-corrected chi connectivity index (χ2v) is 40.7. The first-order valence-corrected chi connectivity index (χ1v) is 36.1. The molecule has 72 heavy (non-hydrogen) atoms. The Balaban J connectivity index is 0.000000287. The fraction of sp³-hybridized carbons (Fsp3) is 0.717. The van der Waals surface area contributed by atoms with Gasteiger partial charge in [-0.15, -0.1) is 0 Å². The van der Waals surface area contributed by atoms with Gasteiger partial charge in [-0.05, 0) is 176 Å². The highest BCUT2D eigenvalue weighted by Gasteiger charge is 2.48. The summed E-state index contributed by atoms with van der Waals surface area (Å²) >= 11 is 0. The van der Waals surface area contributed by atoms with Gasteiger partial charge in [0.2, 0.25) is 0 Å². The van der Waals surface area contributed by atoms with Gasteiger partial charge in [-0.25, -0.2) is 0 Å². The van der Waals surface area contributed by atoms with Crippen LogP contribution in [0.15, 0.2) is 47.5 Å². The van der Waals surface area contributed by atoms with Gasteiger partial charge in [-0.3, -0.25) is 14.4 Å². The smallest absolute Gasteiger partial charge is 0.302 e. The minimum Gasteiger partial charge on any atom is -0.496 e. The molecule has 1 saturated carbocycles. The molecule has 4 aliphatic rings. The maximum absolute atomic E-state index is 13.5. The van der Waals surface area contributed by atoms with Crippen molar-refractivity contribution in [2.45, 2.75) is 208 Å². The number of carbonyl (C=O) groups is 3. The van der Waals surface area contributed by atoms with Gasteiger partial charge < -0.3 is 27.5 Å². The van der Waals surface area contributed by atoms with Crippen LogP contribution in [0.4, 0.5) is 0 Å². The minimum atomic E-state index is -2.10. The van der Waals surface area contributed by atoms with Crippen molar-refractivity contribution >= 4 is 42.5 Å². The van der Waals surface area contributed by atoms with Crippen LogP contribution in [0, 0.1) is 35.5 Å². The summed E-state index contributed by atoms with van der Waals surface area (Å²) in [6.45, 7) is 44.2. The van der Waals surface area contributed by atoms with Crippen molar-refractivity contribution in [1.82, 2.24) is 0 Å². The molecule has 0 saturated heterocycles. The molecule has 0 radical (unpaired) electrons. The zero-order valence-electron chi connectivity index (χ0n) is 49.2. The predicted octanol–water partition coefficient (Wildman–Crippen LogP) is 15.3. The average molecular weight is 1050 g/mol. The fourth-order valence-electron chi connectivity index (χ4n) is 10.1. The number of ether oxygens (including phenoxy) is 3. The zero-order chi connectivity index (χ0) is 54.4. The van der Waals surface area contributed by atoms with Gasteiger partial charge >= 0.3 is 5.97 Å². The van der Waals surface area contributed by atoms with Crippen LogP contribution in [-0.2, 0) is 51.7 Å². The summed E-state index contributed by atoms with van der Waals surface area (Å²) in [5.74, 6) is 4.86. The molecule has 0 bridgehead atoms. The number of ketones is 2. The lowest BCUT2D eigenvalue weighted by Crippen LogP contribution is -2.43. The lowest BCUT2D eigenvalue weighted by molar-refractivity contribution is -0.140. The predicted molar refractivity (Wildman–Crippen MR) is 304 cm³/mol. The highest BCUT2D eigenvalue weighted by molar-refractivity contribution is 6.75. The van der Waals surface area contributed by atoms with Crippen LogP contribution < -0.4 is 9.47 Å². The van der Waals surface area contributed by atoms with Gasteiger partial charge in [0.15, 0.2) is 30.7 Å². The van der Waals surface area contributed by atoms with Crippen molar-refractivity contribution in [3.8, 4) is 11.5 Å². The molecule has 4 aliphatic carbocycles. The van der Waals surface area contributed by atoms with E-state index in [1.165, 1.54) is 34.8 Å². The Morgan fingerprint density at radius 3 is 1.71 bits per heavy atom. The second-order valence-electron chi connectivity index (χ2n) is 26.3. The molecule has 0 aliphatic heterocycles. The van der Waals surface area contributed by atoms with E-state index >= 15 is 0 Å². The highest BCUT2D eigenvalue weighted by Crippen LogP contribution is 2.53. The monoisotopic (exact) mass is 1050 g/mol. The van der Waals surface area contributed by atoms with Gasteiger partial charge in [-0.1, -0.05) is 100 Å². The molecular weight excluding hydrogens is 949 g/mol. The number of hydrogen-bond acceptors (Lipinski definition) is 9. The Kier molecular flexibility index (Phi) is 21.3. The molecule has 0 spiro atoms. The Morgan fingerprint density at radius 2 is 1.21 bits per heavy atom. The third-order valence-electron chi connectivity index (χ3n) is 17.8. The second kappa shape index (κ2) is 24.9. The summed E-state index contributed by atoms with van der Waals surface area (Å²) in [5, 5.41) is 0.534. The molecular formula is C60H100O9Si3. The average Bonchev–Trinajstić information content (AvgIpc) is 3.76. The standard InChI is InChI=1S/C31H52O4Si2.C25H40O3Si.C4H8O2/c1-21(20-34-36(9,10)30(2,3)4)16-17-24-26(32)19-22-18-25-23(14-13-15-27(25)33-8)29(28(22)24)35-37(11,12)31(5,6)7;1-17(16-28-29(6,7)25(2,3)4)11-12-20-21-13-18-9-8-10-24(27-5)22(18)14-19(21)15-23(20)26;1-3-6-4(2)5/h13-15,21-22,29H,16-20H2,1-12H3;8-10,17,19-21H,11-16H2,1-7H3;3H2,1-2H3/t21-,22+,29-;17-,19+,20?,21+;/m11./s1. The summed E-state index contributed by atoms with van der Waals surface area (Å²) in [6.07, 6.45) is 7.93. The SMILES string of the molecule is CCOC(C)=O.COc1cccc2c1C[C@H]1CC(=O)C(CC[C@@H](C)CO[Si](C)(C)C(C)(C)C)=C1[C@@H]2O[Si](C)(C)C(C)(C)C.COc1cccc2c1C[C@H]1CC(=O)C(CC[C@@H](C)CO[Si](C)(C)C(C)(C)C)[C@H]1C2. The van der Waals surface area contributed by atoms with Gasteiger partial charge in [0, 0.05) is 44.5 Å². The quantitative estimate of drug-likeness (QED) is 0.113. The maximum atomic E-state index is 13.5. The van der Waals surface area contributed by atoms with Gasteiger partial charge in [0.05, 0.1) is 26.9 Å². The normalized spacial score (nSPS) is 22.0. The lowest BCUT2D eigenvalue weighted by atomic mass is 9.73. The van der Waals surface area contributed by atoms with Crippen molar-refractivity contribution in [1.29, 1.82) is 0 Å². The first kappa shape index (κ1) is 61.7. The largest absolute Gasteiger partial charge is 0.496 e. The first-order chi connectivity index (χ1) is 33.2. The topological polar surface area (TPSA) is 107 Å². The molecule has 1 unspecified atom stereocenters. The Morgan fingerprint density at radius 1 is 0.681 bits per heavy atom. The fourth-order valence-corrected chi connectivity index (χ4v) is 13.6. The molecule has 2 aromatic carbocycles. The zero-order valence-corrected chi connectivity index (χ0v) is 52.2. The van der Waals surface area contributed by atoms with Gasteiger partial charge in [0.1, 0.15) is 17.3 Å². The van der Waals surface area contributed by atoms with Gasteiger partial charge in [-0.2, -0.15) is 0 Å². The molecule has 0 N–H and O–H groups in total. The summed E-state index contributed by atoms with van der Waals surface area (Å²) < 4.78 is 35.8. The molecule has 0 amide bonds. The number of benzene rings is 2. The van der Waals surface area contributed by atoms with Crippen molar-refractivity contribution in [3.63, 3.8) is 0 Å². The van der Waals surface area contributed by atoms with Crippen LogP contribution in [0.25, 0.3) is 0 Å². The van der Waals surface area contributed by atoms with Crippen LogP contribution >= 0.6 is 0 Å². The number of hydrogen-bond donors (Lipinski definition) is 0. The molecule has 0 heterocycles. The number of carbonyl (C=O) groups excluding carboxylic acids is 3. The molecule has 0 aromatic heterocycles. The van der Waals surface area contributed by atoms with E-state index in [2.05, 4.69) is 151 Å². The van der Waals surface area contributed by atoms with E-state index in [4.69, 9.17) is 22.8 Å². The van der Waals surface area contributed by atoms with E-state index in [-0.39, 0.29) is 39.0 Å². The highest BCUT2D eigenvalue weighted by atomic mass is 28.4. The lowest BCUT2D eigenvalue weighted by Gasteiger charge is -2.43. The van der Waals surface area contributed by atoms with Crippen LogP contribution in [0.3, 0.4) is 0 Å². The van der Waals surface area contributed by atoms with E-state index in [0.29, 0.717) is 48.3 Å². The maximum Gasteiger partial charge on any atom is 0.302 e. The van der Waals surface area contributed by atoms with Crippen LogP contribution in [-0.4, -0.2) is 76.5 Å². The number of allylic oxidation sites excluding steroid dienone is 1. The summed E-state index contributed by atoms with van der Waals surface area (Å²) in [5.41, 5.74) is 7.42. The van der Waals surface area contributed by atoms with Crippen molar-refractivity contribution < 1.29 is 41.9 Å². The first-order valence-electron chi connectivity index (χ1n) is 27.4. The minimum absolute atomic E-state index is 0.0813. The van der Waals surface area contributed by atoms with E-state index in [0.717, 1.165) is 81.7 Å². The Hall–Kier alpha value is -2.88. The molecule has 1 fully saturated rings. The summed E-state index contributed by atoms with van der Waals surface area (Å²) in [6, 6.07) is 12.7. The third kappa shape index (κ3) is 15.4. The van der Waals surface area contributed by atoms with E-state index in [9.17, 15) is 14.4 Å². The number of Topliss-reactive ketones (excluding diaryl/α,β-unsaturated/α-hetero) is 2. The summed E-state index contributed by atoms with van der Waals surface area (Å²) in [7, 11) is -2.09. The Labute approximate surface area is 441 Å².